The van der Waals surface area contributed by atoms with Crippen molar-refractivity contribution in [1.82, 2.24) is 10.2 Å². The molecule has 30 heavy (non-hydrogen) atoms. The highest BCUT2D eigenvalue weighted by molar-refractivity contribution is 6.01. The molecular formula is C22H34FN3O4. The highest BCUT2D eigenvalue weighted by Gasteiger charge is 2.35. The number of nitrogens with one attached hydrogen (secondary N) is 1. The first-order valence-electron chi connectivity index (χ1n) is 10.6. The van der Waals surface area contributed by atoms with Gasteiger partial charge in [-0.05, 0) is 43.0 Å². The summed E-state index contributed by atoms with van der Waals surface area (Å²) in [5.41, 5.74) is 6.64. The lowest BCUT2D eigenvalue weighted by atomic mass is 9.97. The van der Waals surface area contributed by atoms with Crippen LogP contribution in [0.5, 0.6) is 5.75 Å². The number of likely N-dealkylation sites (N-methyl/N-ethyl adjacent to an activating group) is 1. The lowest BCUT2D eigenvalue weighted by molar-refractivity contribution is -0.125. The maximum atomic E-state index is 12.3. The lowest BCUT2D eigenvalue weighted by Gasteiger charge is -2.25. The summed E-state index contributed by atoms with van der Waals surface area (Å²) in [6.45, 7) is 4.18. The summed E-state index contributed by atoms with van der Waals surface area (Å²) in [6, 6.07) is 4.05. The molecule has 1 saturated carbocycles. The predicted molar refractivity (Wildman–Crippen MR) is 114 cm³/mol. The van der Waals surface area contributed by atoms with Gasteiger partial charge in [0, 0.05) is 36.1 Å². The normalized spacial score (nSPS) is 16.3. The number of nitrogens with zero attached hydrogens (tertiary/aromatic N) is 1. The standard InChI is InChI=1S/C14H15FN2O4.C6H13N.C2H6/c1-16-13(19)12(3-2-6-18)17-8-9-7-10(21-15)4-5-11(9)14(17)20;7-6-4-2-1-3-5-6;1-2/h4-7,12H,2-3,8H2,1H3,(H,16,19);6H,1-5,7H2;1-2H3. The van der Waals surface area contributed by atoms with Gasteiger partial charge in [-0.25, -0.2) is 0 Å². The predicted octanol–water partition coefficient (Wildman–Crippen LogP) is 3.30. The molecule has 0 radical (unpaired) electrons. The Morgan fingerprint density at radius 2 is 2.00 bits per heavy atom. The van der Waals surface area contributed by atoms with E-state index < -0.39 is 6.04 Å². The van der Waals surface area contributed by atoms with Gasteiger partial charge in [-0.15, -0.1) is 0 Å². The molecule has 3 rings (SSSR count). The van der Waals surface area contributed by atoms with Crippen molar-refractivity contribution in [1.29, 1.82) is 0 Å². The number of nitrogens with two attached hydrogens (primary N) is 1. The van der Waals surface area contributed by atoms with E-state index in [2.05, 4.69) is 10.3 Å². The molecule has 1 heterocycles. The van der Waals surface area contributed by atoms with Gasteiger partial charge in [0.1, 0.15) is 12.3 Å². The molecule has 168 valence electrons. The molecule has 2 aliphatic rings. The van der Waals surface area contributed by atoms with Crippen molar-refractivity contribution in [3.63, 3.8) is 0 Å². The van der Waals surface area contributed by atoms with E-state index >= 15 is 0 Å². The van der Waals surface area contributed by atoms with E-state index in [4.69, 9.17) is 5.73 Å². The summed E-state index contributed by atoms with van der Waals surface area (Å²) >= 11 is 0. The molecule has 1 aliphatic carbocycles. The Hall–Kier alpha value is -2.48. The summed E-state index contributed by atoms with van der Waals surface area (Å²) < 4.78 is 12.2. The number of aldehydes is 1. The van der Waals surface area contributed by atoms with Crippen molar-refractivity contribution in [2.24, 2.45) is 5.73 Å². The Morgan fingerprint density at radius 3 is 2.50 bits per heavy atom. The molecule has 0 aromatic heterocycles. The molecule has 0 spiro atoms. The van der Waals surface area contributed by atoms with Crippen molar-refractivity contribution in [2.45, 2.75) is 77.4 Å². The van der Waals surface area contributed by atoms with Crippen LogP contribution >= 0.6 is 0 Å². The van der Waals surface area contributed by atoms with Crippen molar-refractivity contribution in [3.05, 3.63) is 29.3 Å². The van der Waals surface area contributed by atoms with Gasteiger partial charge < -0.3 is 20.7 Å². The van der Waals surface area contributed by atoms with E-state index in [1.165, 1.54) is 62.3 Å². The fourth-order valence-corrected chi connectivity index (χ4v) is 3.57. The average Bonchev–Trinajstić information content (AvgIpc) is 3.11. The number of halogens is 1. The Bertz CT molecular complexity index is 693. The molecule has 3 N–H and O–H groups in total. The summed E-state index contributed by atoms with van der Waals surface area (Å²) in [5.74, 6) is -0.636. The van der Waals surface area contributed by atoms with Gasteiger partial charge in [0.2, 0.25) is 5.91 Å². The van der Waals surface area contributed by atoms with Crippen molar-refractivity contribution in [3.8, 4) is 5.75 Å². The van der Waals surface area contributed by atoms with Crippen LogP contribution in [-0.4, -0.2) is 42.1 Å². The monoisotopic (exact) mass is 423 g/mol. The molecule has 1 unspecified atom stereocenters. The van der Waals surface area contributed by atoms with Crippen LogP contribution in [0, 0.1) is 0 Å². The maximum absolute atomic E-state index is 12.3. The average molecular weight is 424 g/mol. The third-order valence-electron chi connectivity index (χ3n) is 5.13. The summed E-state index contributed by atoms with van der Waals surface area (Å²) in [5, 5.41) is 2.49. The van der Waals surface area contributed by atoms with Crippen LogP contribution < -0.4 is 16.0 Å². The molecule has 0 bridgehead atoms. The summed E-state index contributed by atoms with van der Waals surface area (Å²) in [7, 11) is 1.47. The Labute approximate surface area is 178 Å². The van der Waals surface area contributed by atoms with Gasteiger partial charge >= 0.3 is 0 Å². The fourth-order valence-electron chi connectivity index (χ4n) is 3.57. The minimum atomic E-state index is -0.727. The smallest absolute Gasteiger partial charge is 0.255 e. The summed E-state index contributed by atoms with van der Waals surface area (Å²) in [6.07, 6.45) is 7.79. The van der Waals surface area contributed by atoms with Crippen molar-refractivity contribution >= 4 is 18.1 Å². The number of carbonyl (C=O) groups excluding carboxylic acids is 3. The quantitative estimate of drug-likeness (QED) is 0.684. The molecule has 8 heteroatoms. The number of hydrogen-bond donors (Lipinski definition) is 2. The number of benzene rings is 1. The van der Waals surface area contributed by atoms with Crippen LogP contribution in [0.1, 0.15) is 74.7 Å². The SMILES string of the molecule is CC.CNC(=O)C(CCC=O)N1Cc2cc(OF)ccc2C1=O.NC1CCCCC1. The third-order valence-corrected chi connectivity index (χ3v) is 5.13. The Balaban J connectivity index is 0.000000418. The minimum Gasteiger partial charge on any atom is -0.357 e. The zero-order valence-electron chi connectivity index (χ0n) is 18.2. The van der Waals surface area contributed by atoms with E-state index in [1.807, 2.05) is 13.8 Å². The molecule has 2 amide bonds. The number of rotatable bonds is 6. The second kappa shape index (κ2) is 13.7. The number of fused-ring (bicyclic) bond motifs is 1. The molecule has 1 aromatic carbocycles. The molecule has 1 fully saturated rings. The minimum absolute atomic E-state index is 0.00721. The zero-order valence-corrected chi connectivity index (χ0v) is 18.2. The van der Waals surface area contributed by atoms with Crippen LogP contribution in [0.4, 0.5) is 4.53 Å². The van der Waals surface area contributed by atoms with Crippen LogP contribution in [0.2, 0.25) is 0 Å². The number of hydrogen-bond acceptors (Lipinski definition) is 5. The number of carbonyl (C=O) groups is 3. The van der Waals surface area contributed by atoms with Crippen LogP contribution in [-0.2, 0) is 16.1 Å². The second-order valence-corrected chi connectivity index (χ2v) is 7.10. The number of amides is 2. The molecule has 7 nitrogen and oxygen atoms in total. The van der Waals surface area contributed by atoms with E-state index in [0.717, 1.165) is 0 Å². The molecule has 1 aromatic rings. The van der Waals surface area contributed by atoms with Gasteiger partial charge in [0.15, 0.2) is 5.75 Å². The first kappa shape index (κ1) is 25.6. The zero-order chi connectivity index (χ0) is 22.5. The molecule has 1 atom stereocenters. The first-order valence-corrected chi connectivity index (χ1v) is 10.6. The van der Waals surface area contributed by atoms with Crippen LogP contribution in [0.3, 0.4) is 0 Å². The molecule has 1 aliphatic heterocycles. The highest BCUT2D eigenvalue weighted by atomic mass is 19.3. The van der Waals surface area contributed by atoms with Crippen molar-refractivity contribution in [2.75, 3.05) is 7.05 Å². The molecule has 0 saturated heterocycles. The molecular weight excluding hydrogens is 389 g/mol. The first-order chi connectivity index (χ1) is 14.5. The van der Waals surface area contributed by atoms with Gasteiger partial charge in [-0.2, -0.15) is 0 Å². The van der Waals surface area contributed by atoms with Gasteiger partial charge in [-0.1, -0.05) is 33.1 Å². The van der Waals surface area contributed by atoms with Crippen LogP contribution in [0.25, 0.3) is 0 Å². The largest absolute Gasteiger partial charge is 0.357 e. The van der Waals surface area contributed by atoms with E-state index in [0.29, 0.717) is 23.5 Å². The Morgan fingerprint density at radius 1 is 1.33 bits per heavy atom. The van der Waals surface area contributed by atoms with Gasteiger partial charge in [0.25, 0.3) is 5.91 Å². The van der Waals surface area contributed by atoms with Crippen molar-refractivity contribution < 1.29 is 23.9 Å². The maximum Gasteiger partial charge on any atom is 0.255 e. The Kier molecular flexibility index (Phi) is 11.7. The van der Waals surface area contributed by atoms with Gasteiger partial charge in [-0.3, -0.25) is 14.5 Å². The topological polar surface area (TPSA) is 102 Å². The van der Waals surface area contributed by atoms with Crippen LogP contribution in [0.15, 0.2) is 18.2 Å². The fraction of sp³-hybridized carbons (Fsp3) is 0.591. The summed E-state index contributed by atoms with van der Waals surface area (Å²) in [4.78, 5) is 39.8. The lowest BCUT2D eigenvalue weighted by Crippen LogP contribution is -2.46. The third kappa shape index (κ3) is 7.09. The van der Waals surface area contributed by atoms with E-state index in [1.54, 1.807) is 0 Å². The highest BCUT2D eigenvalue weighted by Crippen LogP contribution is 2.29. The second-order valence-electron chi connectivity index (χ2n) is 7.10. The van der Waals surface area contributed by atoms with E-state index in [9.17, 15) is 18.9 Å². The van der Waals surface area contributed by atoms with E-state index in [-0.39, 0.29) is 37.0 Å². The van der Waals surface area contributed by atoms with Gasteiger partial charge in [0.05, 0.1) is 0 Å².